The van der Waals surface area contributed by atoms with Gasteiger partial charge < -0.3 is 15.5 Å². The molecule has 0 radical (unpaired) electrons. The van der Waals surface area contributed by atoms with Crippen molar-refractivity contribution in [3.8, 4) is 5.88 Å². The van der Waals surface area contributed by atoms with Crippen molar-refractivity contribution in [1.82, 2.24) is 29.9 Å². The number of alkyl halides is 3. The molecular formula is C15H15F3N8O2S. The third-order valence-corrected chi connectivity index (χ3v) is 4.59. The highest BCUT2D eigenvalue weighted by molar-refractivity contribution is 8.01. The molecule has 0 aliphatic rings. The van der Waals surface area contributed by atoms with Crippen LogP contribution in [-0.2, 0) is 4.79 Å². The molecule has 29 heavy (non-hydrogen) atoms. The maximum Gasteiger partial charge on any atom is 0.422 e. The van der Waals surface area contributed by atoms with Crippen LogP contribution >= 0.6 is 11.8 Å². The van der Waals surface area contributed by atoms with E-state index in [1.807, 2.05) is 0 Å². The molecule has 3 aromatic heterocycles. The van der Waals surface area contributed by atoms with Crippen molar-refractivity contribution >= 4 is 40.7 Å². The quantitative estimate of drug-likeness (QED) is 0.397. The van der Waals surface area contributed by atoms with E-state index in [-0.39, 0.29) is 17.8 Å². The van der Waals surface area contributed by atoms with E-state index in [0.29, 0.717) is 16.2 Å². The predicted octanol–water partition coefficient (Wildman–Crippen LogP) is 2.18. The zero-order chi connectivity index (χ0) is 21.2. The van der Waals surface area contributed by atoms with E-state index in [2.05, 4.69) is 40.0 Å². The normalized spacial score (nSPS) is 12.2. The molecule has 4 N–H and O–H groups in total. The number of nitrogens with two attached hydrogens (primary N) is 1. The summed E-state index contributed by atoms with van der Waals surface area (Å²) in [6.07, 6.45) is -1.91. The van der Waals surface area contributed by atoms with Crippen molar-refractivity contribution in [1.29, 1.82) is 0 Å². The lowest BCUT2D eigenvalue weighted by molar-refractivity contribution is -0.154. The molecule has 0 saturated carbocycles. The molecule has 0 unspecified atom stereocenters. The first-order valence-electron chi connectivity index (χ1n) is 8.03. The number of nitrogens with zero attached hydrogens (tertiary/aromatic N) is 5. The highest BCUT2D eigenvalue weighted by Crippen LogP contribution is 2.35. The highest BCUT2D eigenvalue weighted by Gasteiger charge is 2.32. The molecule has 0 atom stereocenters. The van der Waals surface area contributed by atoms with E-state index in [1.165, 1.54) is 12.5 Å². The molecule has 3 heterocycles. The monoisotopic (exact) mass is 428 g/mol. The molecule has 154 valence electrons. The standard InChI is InChI=1S/C15H15F3N8O2S/c1-14(2,29-10-8-9(22-6-21-8)24-12(19)25-10)11(27)26-13-20-4-3-7(23-13)28-5-15(16,17)18/h3-4,6H,5H2,1-2H3,(H,20,23,26,27)(H3,19,21,22,24,25). The van der Waals surface area contributed by atoms with Crippen LogP contribution in [0.15, 0.2) is 23.6 Å². The zero-order valence-electron chi connectivity index (χ0n) is 15.1. The van der Waals surface area contributed by atoms with Crippen LogP contribution in [0.1, 0.15) is 13.8 Å². The number of carbonyl (C=O) groups excluding carboxylic acids is 1. The van der Waals surface area contributed by atoms with Crippen LogP contribution in [-0.4, -0.2) is 53.3 Å². The van der Waals surface area contributed by atoms with Crippen molar-refractivity contribution in [3.63, 3.8) is 0 Å². The third kappa shape index (κ3) is 5.22. The van der Waals surface area contributed by atoms with Gasteiger partial charge in [0.1, 0.15) is 10.5 Å². The maximum atomic E-state index is 12.7. The first-order chi connectivity index (χ1) is 13.5. The van der Waals surface area contributed by atoms with Crippen LogP contribution in [0.25, 0.3) is 11.2 Å². The van der Waals surface area contributed by atoms with Gasteiger partial charge in [-0.3, -0.25) is 10.1 Å². The van der Waals surface area contributed by atoms with Crippen molar-refractivity contribution in [2.24, 2.45) is 0 Å². The van der Waals surface area contributed by atoms with E-state index in [1.54, 1.807) is 13.8 Å². The minimum atomic E-state index is -4.51. The summed E-state index contributed by atoms with van der Waals surface area (Å²) >= 11 is 1.09. The van der Waals surface area contributed by atoms with Gasteiger partial charge in [0.25, 0.3) is 0 Å². The molecule has 0 spiro atoms. The number of aromatic nitrogens is 6. The van der Waals surface area contributed by atoms with Crippen LogP contribution in [0.2, 0.25) is 0 Å². The van der Waals surface area contributed by atoms with Crippen molar-refractivity contribution in [3.05, 3.63) is 18.6 Å². The molecular weight excluding hydrogens is 413 g/mol. The number of nitrogens with one attached hydrogen (secondary N) is 2. The number of anilines is 2. The fourth-order valence-corrected chi connectivity index (χ4v) is 3.09. The molecule has 1 amide bonds. The number of thioether (sulfide) groups is 1. The van der Waals surface area contributed by atoms with Crippen molar-refractivity contribution in [2.45, 2.75) is 29.8 Å². The number of aromatic amines is 1. The van der Waals surface area contributed by atoms with Crippen LogP contribution < -0.4 is 15.8 Å². The molecule has 0 saturated heterocycles. The number of hydrogen-bond donors (Lipinski definition) is 3. The molecule has 0 aliphatic carbocycles. The topological polar surface area (TPSA) is 145 Å². The number of ether oxygens (including phenoxy) is 1. The molecule has 14 heteroatoms. The highest BCUT2D eigenvalue weighted by atomic mass is 32.2. The molecule has 10 nitrogen and oxygen atoms in total. The lowest BCUT2D eigenvalue weighted by Gasteiger charge is -2.22. The Morgan fingerprint density at radius 3 is 2.76 bits per heavy atom. The van der Waals surface area contributed by atoms with E-state index in [9.17, 15) is 18.0 Å². The smallest absolute Gasteiger partial charge is 0.422 e. The first kappa shape index (κ1) is 20.6. The lowest BCUT2D eigenvalue weighted by Crippen LogP contribution is -2.34. The molecule has 0 aliphatic heterocycles. The van der Waals surface area contributed by atoms with E-state index in [4.69, 9.17) is 5.73 Å². The number of imidazole rings is 1. The molecule has 3 aromatic rings. The number of H-pyrrole nitrogens is 1. The number of carbonyl (C=O) groups is 1. The maximum absolute atomic E-state index is 12.7. The Morgan fingerprint density at radius 2 is 2.03 bits per heavy atom. The molecule has 0 aromatic carbocycles. The largest absolute Gasteiger partial charge is 0.468 e. The summed E-state index contributed by atoms with van der Waals surface area (Å²) < 4.78 is 40.3. The minimum Gasteiger partial charge on any atom is -0.468 e. The number of halogens is 3. The summed E-state index contributed by atoms with van der Waals surface area (Å²) in [6, 6.07) is 1.15. The number of fused-ring (bicyclic) bond motifs is 1. The van der Waals surface area contributed by atoms with E-state index >= 15 is 0 Å². The fraction of sp³-hybridized carbons (Fsp3) is 0.333. The average Bonchev–Trinajstić information content (AvgIpc) is 3.08. The second kappa shape index (κ2) is 7.69. The molecule has 0 fully saturated rings. The van der Waals surface area contributed by atoms with Gasteiger partial charge in [0.05, 0.1) is 11.1 Å². The number of rotatable bonds is 6. The van der Waals surface area contributed by atoms with Crippen LogP contribution in [0.3, 0.4) is 0 Å². The number of amides is 1. The Hall–Kier alpha value is -3.16. The summed E-state index contributed by atoms with van der Waals surface area (Å²) in [7, 11) is 0. The average molecular weight is 428 g/mol. The second-order valence-corrected chi connectivity index (χ2v) is 7.79. The third-order valence-electron chi connectivity index (χ3n) is 3.41. The van der Waals surface area contributed by atoms with Crippen LogP contribution in [0.5, 0.6) is 5.88 Å². The molecule has 0 bridgehead atoms. The SMILES string of the molecule is CC(C)(Sc1nc(N)nc2nc[nH]c12)C(=O)Nc1nccc(OCC(F)(F)F)n1. The fourth-order valence-electron chi connectivity index (χ4n) is 2.08. The van der Waals surface area contributed by atoms with Gasteiger partial charge in [0.2, 0.25) is 23.7 Å². The van der Waals surface area contributed by atoms with Crippen molar-refractivity contribution in [2.75, 3.05) is 17.7 Å². The molecule has 3 rings (SSSR count). The Bertz CT molecular complexity index is 1040. The Labute approximate surface area is 165 Å². The van der Waals surface area contributed by atoms with Gasteiger partial charge in [-0.15, -0.1) is 0 Å². The second-order valence-electron chi connectivity index (χ2n) is 6.18. The Balaban J connectivity index is 1.73. The summed E-state index contributed by atoms with van der Waals surface area (Å²) in [5.74, 6) is -1.03. The Kier molecular flexibility index (Phi) is 5.46. The van der Waals surface area contributed by atoms with Gasteiger partial charge in [0, 0.05) is 12.3 Å². The Morgan fingerprint density at radius 1 is 1.28 bits per heavy atom. The van der Waals surface area contributed by atoms with Crippen molar-refractivity contribution < 1.29 is 22.7 Å². The summed E-state index contributed by atoms with van der Waals surface area (Å²) in [5, 5.41) is 2.86. The van der Waals surface area contributed by atoms with Gasteiger partial charge >= 0.3 is 6.18 Å². The number of nitrogen functional groups attached to an aromatic ring is 1. The van der Waals surface area contributed by atoms with Gasteiger partial charge in [-0.1, -0.05) is 11.8 Å². The van der Waals surface area contributed by atoms with Crippen LogP contribution in [0.4, 0.5) is 25.1 Å². The number of hydrogen-bond acceptors (Lipinski definition) is 9. The zero-order valence-corrected chi connectivity index (χ0v) is 15.9. The summed E-state index contributed by atoms with van der Waals surface area (Å²) in [5.41, 5.74) is 6.55. The van der Waals surface area contributed by atoms with Gasteiger partial charge in [-0.25, -0.2) is 15.0 Å². The van der Waals surface area contributed by atoms with Gasteiger partial charge in [-0.2, -0.15) is 23.1 Å². The summed E-state index contributed by atoms with van der Waals surface area (Å²) in [4.78, 5) is 35.3. The van der Waals surface area contributed by atoms with Crippen LogP contribution in [0, 0.1) is 0 Å². The predicted molar refractivity (Wildman–Crippen MR) is 98.2 cm³/mol. The first-order valence-corrected chi connectivity index (χ1v) is 8.85. The van der Waals surface area contributed by atoms with E-state index < -0.39 is 23.4 Å². The van der Waals surface area contributed by atoms with Gasteiger partial charge in [0.15, 0.2) is 12.3 Å². The van der Waals surface area contributed by atoms with E-state index in [0.717, 1.165) is 17.8 Å². The minimum absolute atomic E-state index is 0.00107. The van der Waals surface area contributed by atoms with Gasteiger partial charge in [-0.05, 0) is 13.8 Å². The lowest BCUT2D eigenvalue weighted by atomic mass is 10.2. The summed E-state index contributed by atoms with van der Waals surface area (Å²) in [6.45, 7) is 1.74.